The van der Waals surface area contributed by atoms with Crippen LogP contribution >= 0.6 is 0 Å². The van der Waals surface area contributed by atoms with Crippen molar-refractivity contribution in [3.8, 4) is 5.75 Å². The number of ketones is 1. The average molecular weight is 459 g/mol. The van der Waals surface area contributed by atoms with Gasteiger partial charge in [-0.3, -0.25) is 9.59 Å². The molecule has 2 fully saturated rings. The summed E-state index contributed by atoms with van der Waals surface area (Å²) in [6.45, 7) is 2.20. The Hall–Kier alpha value is -3.20. The van der Waals surface area contributed by atoms with Crippen LogP contribution in [0.15, 0.2) is 54.1 Å². The zero-order valence-corrected chi connectivity index (χ0v) is 18.1. The SMILES string of the molecule is CCOc1cccc(/C(O)=C2/C(=O)C(=O)N(C3CCS(=O)(=O)C3)C2c2cccc(F)c2)c1. The van der Waals surface area contributed by atoms with Gasteiger partial charge in [0.2, 0.25) is 0 Å². The molecule has 2 aliphatic heterocycles. The van der Waals surface area contributed by atoms with E-state index in [1.807, 2.05) is 0 Å². The van der Waals surface area contributed by atoms with E-state index in [-0.39, 0.29) is 34.6 Å². The predicted molar refractivity (Wildman–Crippen MR) is 115 cm³/mol. The molecular weight excluding hydrogens is 437 g/mol. The van der Waals surface area contributed by atoms with Crippen LogP contribution in [0.3, 0.4) is 0 Å². The molecular formula is C23H22FNO6S. The van der Waals surface area contributed by atoms with Gasteiger partial charge in [-0.1, -0.05) is 24.3 Å². The first-order valence-electron chi connectivity index (χ1n) is 10.2. The number of amides is 1. The molecule has 168 valence electrons. The van der Waals surface area contributed by atoms with Crippen LogP contribution in [0.1, 0.15) is 30.5 Å². The molecule has 2 saturated heterocycles. The van der Waals surface area contributed by atoms with Crippen LogP contribution in [0.5, 0.6) is 5.75 Å². The second-order valence-corrected chi connectivity index (χ2v) is 10.0. The third-order valence-corrected chi connectivity index (χ3v) is 7.42. The number of benzene rings is 2. The van der Waals surface area contributed by atoms with Gasteiger partial charge >= 0.3 is 0 Å². The Kier molecular flexibility index (Phi) is 5.77. The third kappa shape index (κ3) is 4.00. The monoisotopic (exact) mass is 459 g/mol. The van der Waals surface area contributed by atoms with Crippen LogP contribution in [-0.2, 0) is 19.4 Å². The van der Waals surface area contributed by atoms with Crippen molar-refractivity contribution in [2.45, 2.75) is 25.4 Å². The van der Waals surface area contributed by atoms with Crippen LogP contribution in [0.4, 0.5) is 4.39 Å². The number of carbonyl (C=O) groups is 2. The Morgan fingerprint density at radius 2 is 1.94 bits per heavy atom. The summed E-state index contributed by atoms with van der Waals surface area (Å²) in [4.78, 5) is 27.2. The van der Waals surface area contributed by atoms with Gasteiger partial charge in [-0.05, 0) is 43.2 Å². The molecule has 0 aromatic heterocycles. The molecule has 2 heterocycles. The summed E-state index contributed by atoms with van der Waals surface area (Å²) in [6.07, 6.45) is 0.168. The van der Waals surface area contributed by atoms with E-state index in [1.165, 1.54) is 29.2 Å². The van der Waals surface area contributed by atoms with Gasteiger partial charge in [0.1, 0.15) is 17.3 Å². The van der Waals surface area contributed by atoms with Crippen molar-refractivity contribution in [3.63, 3.8) is 0 Å². The van der Waals surface area contributed by atoms with Crippen molar-refractivity contribution in [2.24, 2.45) is 0 Å². The highest BCUT2D eigenvalue weighted by molar-refractivity contribution is 7.91. The lowest BCUT2D eigenvalue weighted by atomic mass is 9.94. The smallest absolute Gasteiger partial charge is 0.295 e. The summed E-state index contributed by atoms with van der Waals surface area (Å²) in [7, 11) is -3.36. The van der Waals surface area contributed by atoms with E-state index in [0.29, 0.717) is 12.4 Å². The maximum Gasteiger partial charge on any atom is 0.295 e. The maximum atomic E-state index is 14.1. The standard InChI is InChI=1S/C23H22FNO6S/c1-2-31-18-8-4-6-15(12-18)21(26)19-20(14-5-3-7-16(24)11-14)25(23(28)22(19)27)17-9-10-32(29,30)13-17/h3-8,11-12,17,20,26H,2,9-10,13H2,1H3/b21-19-. The number of rotatable bonds is 5. The maximum absolute atomic E-state index is 14.1. The first kappa shape index (κ1) is 22.0. The Morgan fingerprint density at radius 3 is 2.59 bits per heavy atom. The van der Waals surface area contributed by atoms with Gasteiger partial charge in [-0.25, -0.2) is 12.8 Å². The average Bonchev–Trinajstić information content (AvgIpc) is 3.24. The molecule has 0 spiro atoms. The Morgan fingerprint density at radius 1 is 1.19 bits per heavy atom. The highest BCUT2D eigenvalue weighted by Gasteiger charge is 2.51. The fourth-order valence-electron chi connectivity index (χ4n) is 4.28. The number of Topliss-reactive ketones (excluding diaryl/α,β-unsaturated/α-hetero) is 1. The molecule has 32 heavy (non-hydrogen) atoms. The number of likely N-dealkylation sites (tertiary alicyclic amines) is 1. The molecule has 0 radical (unpaired) electrons. The molecule has 2 aliphatic rings. The number of nitrogens with zero attached hydrogens (tertiary/aromatic N) is 1. The molecule has 1 N–H and O–H groups in total. The van der Waals surface area contributed by atoms with Crippen LogP contribution in [0, 0.1) is 5.82 Å². The van der Waals surface area contributed by atoms with Crippen LogP contribution in [0.25, 0.3) is 5.76 Å². The van der Waals surface area contributed by atoms with E-state index in [2.05, 4.69) is 0 Å². The van der Waals surface area contributed by atoms with Gasteiger partial charge < -0.3 is 14.7 Å². The molecule has 0 saturated carbocycles. The summed E-state index contributed by atoms with van der Waals surface area (Å²) < 4.78 is 43.6. The highest BCUT2D eigenvalue weighted by atomic mass is 32.2. The minimum absolute atomic E-state index is 0.104. The Balaban J connectivity index is 1.88. The number of sulfone groups is 1. The van der Waals surface area contributed by atoms with E-state index in [0.717, 1.165) is 0 Å². The van der Waals surface area contributed by atoms with Crippen molar-refractivity contribution in [1.29, 1.82) is 0 Å². The van der Waals surface area contributed by atoms with Crippen molar-refractivity contribution in [1.82, 2.24) is 4.90 Å². The summed E-state index contributed by atoms with van der Waals surface area (Å²) in [5, 5.41) is 11.1. The number of aliphatic hydroxyl groups excluding tert-OH is 1. The lowest BCUT2D eigenvalue weighted by Crippen LogP contribution is -2.40. The number of halogens is 1. The third-order valence-electron chi connectivity index (χ3n) is 5.66. The molecule has 1 amide bonds. The number of ether oxygens (including phenoxy) is 1. The fourth-order valence-corrected chi connectivity index (χ4v) is 5.99. The van der Waals surface area contributed by atoms with Crippen molar-refractivity contribution in [2.75, 3.05) is 18.1 Å². The van der Waals surface area contributed by atoms with Crippen molar-refractivity contribution < 1.29 is 32.2 Å². The molecule has 0 bridgehead atoms. The van der Waals surface area contributed by atoms with E-state index in [4.69, 9.17) is 4.74 Å². The van der Waals surface area contributed by atoms with Gasteiger partial charge in [0, 0.05) is 11.6 Å². The zero-order valence-electron chi connectivity index (χ0n) is 17.3. The Bertz CT molecular complexity index is 1220. The summed E-state index contributed by atoms with van der Waals surface area (Å²) in [6, 6.07) is 9.94. The summed E-state index contributed by atoms with van der Waals surface area (Å²) in [5.41, 5.74) is 0.323. The van der Waals surface area contributed by atoms with E-state index in [1.54, 1.807) is 31.2 Å². The number of carbonyl (C=O) groups excluding carboxylic acids is 2. The fraction of sp³-hybridized carbons (Fsp3) is 0.304. The van der Waals surface area contributed by atoms with Crippen LogP contribution < -0.4 is 4.74 Å². The van der Waals surface area contributed by atoms with Crippen molar-refractivity contribution in [3.05, 3.63) is 71.0 Å². The molecule has 0 aliphatic carbocycles. The predicted octanol–water partition coefficient (Wildman–Crippen LogP) is 2.83. The second kappa shape index (κ2) is 8.38. The van der Waals surface area contributed by atoms with Gasteiger partial charge in [-0.15, -0.1) is 0 Å². The highest BCUT2D eigenvalue weighted by Crippen LogP contribution is 2.42. The summed E-state index contributed by atoms with van der Waals surface area (Å²) >= 11 is 0. The van der Waals surface area contributed by atoms with Gasteiger partial charge in [-0.2, -0.15) is 0 Å². The molecule has 2 unspecified atom stereocenters. The number of hydrogen-bond donors (Lipinski definition) is 1. The molecule has 2 atom stereocenters. The normalized spacial score (nSPS) is 24.1. The van der Waals surface area contributed by atoms with Gasteiger partial charge in [0.05, 0.1) is 29.7 Å². The van der Waals surface area contributed by atoms with Crippen LogP contribution in [-0.4, -0.2) is 54.3 Å². The lowest BCUT2D eigenvalue weighted by Gasteiger charge is -2.30. The lowest BCUT2D eigenvalue weighted by molar-refractivity contribution is -0.141. The molecule has 4 rings (SSSR count). The molecule has 9 heteroatoms. The molecule has 2 aromatic rings. The minimum atomic E-state index is -3.36. The topological polar surface area (TPSA) is 101 Å². The molecule has 7 nitrogen and oxygen atoms in total. The summed E-state index contributed by atoms with van der Waals surface area (Å²) in [5.74, 6) is -2.78. The quantitative estimate of drug-likeness (QED) is 0.419. The van der Waals surface area contributed by atoms with Crippen molar-refractivity contribution >= 4 is 27.3 Å². The number of aliphatic hydroxyl groups is 1. The Labute approximate surface area is 185 Å². The number of hydrogen-bond acceptors (Lipinski definition) is 6. The first-order valence-corrected chi connectivity index (χ1v) is 12.0. The zero-order chi connectivity index (χ0) is 23.0. The van der Waals surface area contributed by atoms with Crippen LogP contribution in [0.2, 0.25) is 0 Å². The first-order chi connectivity index (χ1) is 15.2. The van der Waals surface area contributed by atoms with Gasteiger partial charge in [0.25, 0.3) is 11.7 Å². The van der Waals surface area contributed by atoms with E-state index >= 15 is 0 Å². The minimum Gasteiger partial charge on any atom is -0.507 e. The largest absolute Gasteiger partial charge is 0.507 e. The second-order valence-electron chi connectivity index (χ2n) is 7.78. The molecule has 2 aromatic carbocycles. The van der Waals surface area contributed by atoms with E-state index < -0.39 is 45.2 Å². The van der Waals surface area contributed by atoms with E-state index in [9.17, 15) is 27.5 Å². The van der Waals surface area contributed by atoms with Gasteiger partial charge in [0.15, 0.2) is 9.84 Å².